The quantitative estimate of drug-likeness (QED) is 0.579. The van der Waals surface area contributed by atoms with Gasteiger partial charge in [-0.15, -0.1) is 0 Å². The van der Waals surface area contributed by atoms with Crippen LogP contribution in [-0.2, 0) is 6.42 Å². The summed E-state index contributed by atoms with van der Waals surface area (Å²) in [6.07, 6.45) is 1.13. The molecule has 2 aromatic rings. The van der Waals surface area contributed by atoms with E-state index in [1.165, 1.54) is 0 Å². The van der Waals surface area contributed by atoms with Crippen LogP contribution < -0.4 is 10.4 Å². The van der Waals surface area contributed by atoms with Gasteiger partial charge in [-0.05, 0) is 17.5 Å². The summed E-state index contributed by atoms with van der Waals surface area (Å²) < 4.78 is 0. The summed E-state index contributed by atoms with van der Waals surface area (Å²) in [5, 5.41) is 3.27. The van der Waals surface area contributed by atoms with E-state index >= 15 is 0 Å². The van der Waals surface area contributed by atoms with Crippen molar-refractivity contribution in [3.63, 3.8) is 0 Å². The minimum Gasteiger partial charge on any atom is -0.0641 e. The number of hydrogen-bond acceptors (Lipinski definition) is 0. The minimum absolute atomic E-state index is 0.890. The van der Waals surface area contributed by atoms with E-state index in [0.29, 0.717) is 0 Å². The molecule has 0 spiro atoms. The fraction of sp³-hybridized carbons (Fsp3) is 0.143. The zero-order valence-corrected chi connectivity index (χ0v) is 10.1. The van der Waals surface area contributed by atoms with E-state index < -0.39 is 8.80 Å². The molecular formula is C14H14Si. The van der Waals surface area contributed by atoms with Gasteiger partial charge < -0.3 is 0 Å². The summed E-state index contributed by atoms with van der Waals surface area (Å²) in [5.74, 6) is 0. The Balaban J connectivity index is 2.20. The number of fused-ring (bicyclic) bond motifs is 2. The Morgan fingerprint density at radius 3 is 1.80 bits per heavy atom. The first kappa shape index (κ1) is 8.92. The van der Waals surface area contributed by atoms with E-state index in [9.17, 15) is 0 Å². The monoisotopic (exact) mass is 210 g/mol. The van der Waals surface area contributed by atoms with Gasteiger partial charge in [0.1, 0.15) is 8.80 Å². The van der Waals surface area contributed by atoms with Crippen molar-refractivity contribution in [2.24, 2.45) is 0 Å². The van der Waals surface area contributed by atoms with Gasteiger partial charge in [0.05, 0.1) is 0 Å². The van der Waals surface area contributed by atoms with E-state index in [4.69, 9.17) is 0 Å². The van der Waals surface area contributed by atoms with E-state index in [0.717, 1.165) is 6.42 Å². The molecule has 0 bridgehead atoms. The van der Waals surface area contributed by atoms with Gasteiger partial charge in [0.25, 0.3) is 0 Å². The Bertz CT molecular complexity index is 457. The van der Waals surface area contributed by atoms with Crippen LogP contribution in [0.25, 0.3) is 0 Å². The average Bonchev–Trinajstić information content (AvgIpc) is 2.30. The molecule has 0 N–H and O–H groups in total. The molecule has 0 radical (unpaired) electrons. The molecule has 0 saturated heterocycles. The Labute approximate surface area is 92.2 Å². The molecule has 0 amide bonds. The van der Waals surface area contributed by atoms with Gasteiger partial charge in [-0.1, -0.05) is 65.5 Å². The Kier molecular flexibility index (Phi) is 1.99. The molecule has 1 aliphatic heterocycles. The van der Waals surface area contributed by atoms with Gasteiger partial charge in [-0.25, -0.2) is 0 Å². The molecule has 74 valence electrons. The molecule has 3 rings (SSSR count). The van der Waals surface area contributed by atoms with Gasteiger partial charge in [-0.2, -0.15) is 0 Å². The van der Waals surface area contributed by atoms with Gasteiger partial charge >= 0.3 is 0 Å². The normalized spacial score (nSPS) is 14.5. The maximum atomic E-state index is 2.44. The van der Waals surface area contributed by atoms with Crippen LogP contribution in [-0.4, -0.2) is 8.80 Å². The molecule has 0 fully saturated rings. The number of benzene rings is 2. The first-order valence-electron chi connectivity index (χ1n) is 5.52. The van der Waals surface area contributed by atoms with Crippen molar-refractivity contribution in [3.8, 4) is 0 Å². The van der Waals surface area contributed by atoms with E-state index in [2.05, 4.69) is 55.1 Å². The summed E-state index contributed by atoms with van der Waals surface area (Å²) in [4.78, 5) is 0. The SMILES string of the molecule is C[SiH]1c2ccccc2Cc2ccccc21. The van der Waals surface area contributed by atoms with E-state index in [1.54, 1.807) is 21.5 Å². The van der Waals surface area contributed by atoms with Crippen LogP contribution in [0.5, 0.6) is 0 Å². The zero-order valence-electron chi connectivity index (χ0n) is 8.90. The highest BCUT2D eigenvalue weighted by Gasteiger charge is 2.21. The standard InChI is InChI=1S/C14H14Si/c1-15-13-8-4-2-6-11(13)10-12-7-3-5-9-14(12)15/h2-9,15H,10H2,1H3. The first-order chi connectivity index (χ1) is 7.36. The fourth-order valence-corrected chi connectivity index (χ4v) is 5.25. The lowest BCUT2D eigenvalue weighted by Gasteiger charge is -2.24. The highest BCUT2D eigenvalue weighted by Crippen LogP contribution is 2.13. The molecule has 15 heavy (non-hydrogen) atoms. The van der Waals surface area contributed by atoms with Crippen LogP contribution in [0.4, 0.5) is 0 Å². The highest BCUT2D eigenvalue weighted by molar-refractivity contribution is 6.85. The van der Waals surface area contributed by atoms with E-state index in [-0.39, 0.29) is 0 Å². The molecule has 1 heteroatoms. The maximum absolute atomic E-state index is 2.44. The lowest BCUT2D eigenvalue weighted by Crippen LogP contribution is -2.46. The van der Waals surface area contributed by atoms with Gasteiger partial charge in [0.2, 0.25) is 0 Å². The molecule has 0 nitrogen and oxygen atoms in total. The van der Waals surface area contributed by atoms with E-state index in [1.807, 2.05) is 0 Å². The van der Waals surface area contributed by atoms with Gasteiger partial charge in [0, 0.05) is 0 Å². The second-order valence-corrected chi connectivity index (χ2v) is 6.98. The van der Waals surface area contributed by atoms with Gasteiger partial charge in [0.15, 0.2) is 0 Å². The third kappa shape index (κ3) is 1.35. The van der Waals surface area contributed by atoms with Crippen molar-refractivity contribution in [2.45, 2.75) is 13.0 Å². The summed E-state index contributed by atoms with van der Waals surface area (Å²) in [6, 6.07) is 17.9. The second-order valence-electron chi connectivity index (χ2n) is 4.30. The van der Waals surface area contributed by atoms with Crippen molar-refractivity contribution in [3.05, 3.63) is 59.7 Å². The summed E-state index contributed by atoms with van der Waals surface area (Å²) in [7, 11) is -0.890. The number of hydrogen-bond donors (Lipinski definition) is 0. The van der Waals surface area contributed by atoms with Crippen LogP contribution in [0.2, 0.25) is 6.55 Å². The second kappa shape index (κ2) is 3.35. The topological polar surface area (TPSA) is 0 Å². The molecule has 2 aromatic carbocycles. The van der Waals surface area contributed by atoms with Crippen LogP contribution in [0.15, 0.2) is 48.5 Å². The molecule has 0 atom stereocenters. The van der Waals surface area contributed by atoms with Crippen LogP contribution in [0, 0.1) is 0 Å². The van der Waals surface area contributed by atoms with Crippen molar-refractivity contribution >= 4 is 19.2 Å². The van der Waals surface area contributed by atoms with Crippen molar-refractivity contribution in [2.75, 3.05) is 0 Å². The van der Waals surface area contributed by atoms with Crippen LogP contribution in [0.1, 0.15) is 11.1 Å². The van der Waals surface area contributed by atoms with Gasteiger partial charge in [-0.3, -0.25) is 0 Å². The molecule has 0 aliphatic carbocycles. The zero-order chi connectivity index (χ0) is 10.3. The predicted octanol–water partition coefficient (Wildman–Crippen LogP) is 1.56. The molecule has 1 heterocycles. The van der Waals surface area contributed by atoms with Crippen molar-refractivity contribution in [1.29, 1.82) is 0 Å². The third-order valence-electron chi connectivity index (χ3n) is 3.42. The Morgan fingerprint density at radius 1 is 0.800 bits per heavy atom. The Hall–Kier alpha value is -1.34. The molecule has 1 aliphatic rings. The summed E-state index contributed by atoms with van der Waals surface area (Å²) in [6.45, 7) is 2.44. The smallest absolute Gasteiger partial charge is 0.0641 e. The molecule has 0 unspecified atom stereocenters. The van der Waals surface area contributed by atoms with Crippen LogP contribution in [0.3, 0.4) is 0 Å². The fourth-order valence-electron chi connectivity index (χ4n) is 2.61. The molecular weight excluding hydrogens is 196 g/mol. The highest BCUT2D eigenvalue weighted by atomic mass is 28.3. The van der Waals surface area contributed by atoms with Crippen molar-refractivity contribution < 1.29 is 0 Å². The minimum atomic E-state index is -0.890. The number of rotatable bonds is 0. The average molecular weight is 210 g/mol. The maximum Gasteiger partial charge on any atom is 0.100 e. The predicted molar refractivity (Wildman–Crippen MR) is 68.0 cm³/mol. The van der Waals surface area contributed by atoms with Crippen molar-refractivity contribution in [1.82, 2.24) is 0 Å². The lowest BCUT2D eigenvalue weighted by atomic mass is 10.0. The largest absolute Gasteiger partial charge is 0.100 e. The molecule has 0 saturated carbocycles. The summed E-state index contributed by atoms with van der Waals surface area (Å²) in [5.41, 5.74) is 3.10. The Morgan fingerprint density at radius 2 is 1.27 bits per heavy atom. The lowest BCUT2D eigenvalue weighted by molar-refractivity contribution is 1.21. The summed E-state index contributed by atoms with van der Waals surface area (Å²) >= 11 is 0. The third-order valence-corrected chi connectivity index (χ3v) is 6.42. The molecule has 0 aromatic heterocycles. The van der Waals surface area contributed by atoms with Crippen LogP contribution >= 0.6 is 0 Å². The first-order valence-corrected chi connectivity index (χ1v) is 7.83.